The van der Waals surface area contributed by atoms with Crippen LogP contribution in [0.25, 0.3) is 0 Å². The Morgan fingerprint density at radius 2 is 1.62 bits per heavy atom. The second-order valence-electron chi connectivity index (χ2n) is 7.82. The van der Waals surface area contributed by atoms with Crippen molar-refractivity contribution >= 4 is 0 Å². The van der Waals surface area contributed by atoms with Gasteiger partial charge in [-0.1, -0.05) is 13.3 Å². The molecule has 3 nitrogen and oxygen atoms in total. The first-order valence-corrected chi connectivity index (χ1v) is 9.39. The molecule has 0 aromatic carbocycles. The first-order chi connectivity index (χ1) is 10.2. The topological polar surface area (TPSA) is 18.5 Å². The maximum atomic E-state index is 3.80. The zero-order valence-electron chi connectivity index (χ0n) is 14.4. The summed E-state index contributed by atoms with van der Waals surface area (Å²) in [6, 6.07) is 4.01. The van der Waals surface area contributed by atoms with E-state index in [9.17, 15) is 0 Å². The molecule has 0 spiro atoms. The number of piperidine rings is 2. The van der Waals surface area contributed by atoms with Crippen LogP contribution in [-0.4, -0.2) is 60.1 Å². The van der Waals surface area contributed by atoms with Crippen LogP contribution in [-0.2, 0) is 0 Å². The van der Waals surface area contributed by atoms with E-state index in [1.807, 2.05) is 0 Å². The molecule has 0 saturated carbocycles. The predicted octanol–water partition coefficient (Wildman–Crippen LogP) is 2.85. The third kappa shape index (κ3) is 3.62. The quantitative estimate of drug-likeness (QED) is 0.844. The Labute approximate surface area is 131 Å². The van der Waals surface area contributed by atoms with Crippen LogP contribution < -0.4 is 5.32 Å². The minimum atomic E-state index is 0.684. The van der Waals surface area contributed by atoms with Gasteiger partial charge in [0.25, 0.3) is 0 Å². The highest BCUT2D eigenvalue weighted by Gasteiger charge is 2.38. The molecular formula is C18H35N3. The van der Waals surface area contributed by atoms with Gasteiger partial charge in [-0.05, 0) is 72.0 Å². The van der Waals surface area contributed by atoms with E-state index in [0.29, 0.717) is 6.04 Å². The van der Waals surface area contributed by atoms with Crippen LogP contribution in [0.2, 0.25) is 0 Å². The lowest BCUT2D eigenvalue weighted by Gasteiger charge is -2.50. The molecule has 3 aliphatic rings. The van der Waals surface area contributed by atoms with E-state index in [1.165, 1.54) is 64.5 Å². The van der Waals surface area contributed by atoms with Crippen molar-refractivity contribution in [2.75, 3.05) is 20.1 Å². The van der Waals surface area contributed by atoms with Crippen LogP contribution in [0.1, 0.15) is 65.2 Å². The minimum absolute atomic E-state index is 0.684. The van der Waals surface area contributed by atoms with Crippen molar-refractivity contribution in [2.24, 2.45) is 0 Å². The molecule has 21 heavy (non-hydrogen) atoms. The van der Waals surface area contributed by atoms with Gasteiger partial charge in [0.1, 0.15) is 0 Å². The summed E-state index contributed by atoms with van der Waals surface area (Å²) in [5, 5.41) is 3.80. The van der Waals surface area contributed by atoms with Crippen molar-refractivity contribution in [1.82, 2.24) is 15.1 Å². The second kappa shape index (κ2) is 6.97. The van der Waals surface area contributed by atoms with Crippen LogP contribution in [0.4, 0.5) is 0 Å². The fourth-order valence-electron chi connectivity index (χ4n) is 4.93. The van der Waals surface area contributed by atoms with E-state index in [0.717, 1.165) is 24.2 Å². The van der Waals surface area contributed by atoms with E-state index < -0.39 is 0 Å². The predicted molar refractivity (Wildman–Crippen MR) is 89.7 cm³/mol. The summed E-state index contributed by atoms with van der Waals surface area (Å²) in [5.41, 5.74) is 0. The molecule has 0 aliphatic carbocycles. The number of hydrogen-bond acceptors (Lipinski definition) is 3. The second-order valence-corrected chi connectivity index (χ2v) is 7.82. The highest BCUT2D eigenvalue weighted by atomic mass is 15.2. The lowest BCUT2D eigenvalue weighted by Crippen LogP contribution is -2.56. The van der Waals surface area contributed by atoms with E-state index >= 15 is 0 Å². The molecule has 1 N–H and O–H groups in total. The number of nitrogens with zero attached hydrogens (tertiary/aromatic N) is 2. The zero-order chi connectivity index (χ0) is 14.8. The summed E-state index contributed by atoms with van der Waals surface area (Å²) in [4.78, 5) is 5.56. The molecule has 0 radical (unpaired) electrons. The fraction of sp³-hybridized carbons (Fsp3) is 1.00. The van der Waals surface area contributed by atoms with Crippen molar-refractivity contribution in [1.29, 1.82) is 0 Å². The standard InChI is InChI=1S/C18H35N3/c1-4-15-9-11-21(10-8-14(2)19-15)18-12-16-6-5-7-17(13-18)20(16)3/h14-19H,4-13H2,1-3H3. The highest BCUT2D eigenvalue weighted by molar-refractivity contribution is 4.95. The molecule has 3 heterocycles. The van der Waals surface area contributed by atoms with Gasteiger partial charge in [0.05, 0.1) is 0 Å². The molecule has 3 rings (SSSR count). The van der Waals surface area contributed by atoms with Crippen LogP contribution >= 0.6 is 0 Å². The SMILES string of the molecule is CCC1CCN(C2CC3CCCC(C2)N3C)CCC(C)N1. The molecule has 3 aliphatic heterocycles. The Morgan fingerprint density at radius 1 is 0.952 bits per heavy atom. The molecule has 3 fully saturated rings. The van der Waals surface area contributed by atoms with Crippen molar-refractivity contribution in [2.45, 2.75) is 95.4 Å². The molecule has 4 atom stereocenters. The molecule has 122 valence electrons. The van der Waals surface area contributed by atoms with E-state index in [1.54, 1.807) is 0 Å². The third-order valence-electron chi connectivity index (χ3n) is 6.46. The molecular weight excluding hydrogens is 258 g/mol. The first-order valence-electron chi connectivity index (χ1n) is 9.39. The molecule has 2 bridgehead atoms. The molecule has 0 amide bonds. The van der Waals surface area contributed by atoms with Gasteiger partial charge in [0, 0.05) is 30.2 Å². The zero-order valence-corrected chi connectivity index (χ0v) is 14.4. The van der Waals surface area contributed by atoms with Crippen molar-refractivity contribution in [3.05, 3.63) is 0 Å². The van der Waals surface area contributed by atoms with Gasteiger partial charge < -0.3 is 15.1 Å². The summed E-state index contributed by atoms with van der Waals surface area (Å²) in [6.07, 6.45) is 11.1. The van der Waals surface area contributed by atoms with E-state index in [4.69, 9.17) is 0 Å². The van der Waals surface area contributed by atoms with Crippen LogP contribution in [0.15, 0.2) is 0 Å². The third-order valence-corrected chi connectivity index (χ3v) is 6.46. The molecule has 4 unspecified atom stereocenters. The number of fused-ring (bicyclic) bond motifs is 2. The Morgan fingerprint density at radius 3 is 2.29 bits per heavy atom. The fourth-order valence-corrected chi connectivity index (χ4v) is 4.93. The Kier molecular flexibility index (Phi) is 5.23. The van der Waals surface area contributed by atoms with Crippen LogP contribution in [0.3, 0.4) is 0 Å². The van der Waals surface area contributed by atoms with Gasteiger partial charge in [-0.25, -0.2) is 0 Å². The summed E-state index contributed by atoms with van der Waals surface area (Å²) in [5.74, 6) is 0. The highest BCUT2D eigenvalue weighted by Crippen LogP contribution is 2.35. The number of rotatable bonds is 2. The molecule has 3 saturated heterocycles. The maximum absolute atomic E-state index is 3.80. The van der Waals surface area contributed by atoms with Gasteiger partial charge in [-0.2, -0.15) is 0 Å². The van der Waals surface area contributed by atoms with Crippen LogP contribution in [0.5, 0.6) is 0 Å². The minimum Gasteiger partial charge on any atom is -0.311 e. The monoisotopic (exact) mass is 293 g/mol. The lowest BCUT2D eigenvalue weighted by molar-refractivity contribution is 0.00470. The molecule has 0 aromatic rings. The molecule has 0 aromatic heterocycles. The van der Waals surface area contributed by atoms with Gasteiger partial charge in [-0.15, -0.1) is 0 Å². The van der Waals surface area contributed by atoms with Gasteiger partial charge in [-0.3, -0.25) is 0 Å². The molecule has 3 heteroatoms. The number of hydrogen-bond donors (Lipinski definition) is 1. The summed E-state index contributed by atoms with van der Waals surface area (Å²) >= 11 is 0. The van der Waals surface area contributed by atoms with Crippen LogP contribution in [0, 0.1) is 0 Å². The average molecular weight is 293 g/mol. The Balaban J connectivity index is 1.62. The van der Waals surface area contributed by atoms with Crippen molar-refractivity contribution in [3.63, 3.8) is 0 Å². The maximum Gasteiger partial charge on any atom is 0.0125 e. The lowest BCUT2D eigenvalue weighted by atomic mass is 9.81. The summed E-state index contributed by atoms with van der Waals surface area (Å²) in [7, 11) is 2.37. The normalized spacial score (nSPS) is 43.3. The van der Waals surface area contributed by atoms with Crippen molar-refractivity contribution in [3.8, 4) is 0 Å². The van der Waals surface area contributed by atoms with Gasteiger partial charge >= 0.3 is 0 Å². The summed E-state index contributed by atoms with van der Waals surface area (Å²) in [6.45, 7) is 7.32. The largest absolute Gasteiger partial charge is 0.311 e. The smallest absolute Gasteiger partial charge is 0.0125 e. The van der Waals surface area contributed by atoms with E-state index in [2.05, 4.69) is 36.0 Å². The number of nitrogens with one attached hydrogen (secondary N) is 1. The average Bonchev–Trinajstić information content (AvgIpc) is 2.43. The Hall–Kier alpha value is -0.120. The summed E-state index contributed by atoms with van der Waals surface area (Å²) < 4.78 is 0. The van der Waals surface area contributed by atoms with Gasteiger partial charge in [0.15, 0.2) is 0 Å². The Bertz CT molecular complexity index is 318. The van der Waals surface area contributed by atoms with Gasteiger partial charge in [0.2, 0.25) is 0 Å². The van der Waals surface area contributed by atoms with E-state index in [-0.39, 0.29) is 0 Å². The first kappa shape index (κ1) is 15.8. The van der Waals surface area contributed by atoms with Crippen molar-refractivity contribution < 1.29 is 0 Å².